The third-order valence-electron chi connectivity index (χ3n) is 5.68. The van der Waals surface area contributed by atoms with E-state index in [2.05, 4.69) is 4.90 Å². The van der Waals surface area contributed by atoms with Gasteiger partial charge in [-0.05, 0) is 55.9 Å². The molecule has 1 aliphatic rings. The Hall–Kier alpha value is -3.72. The highest BCUT2D eigenvalue weighted by Crippen LogP contribution is 2.39. The standard InChI is InChI=1S/C24H27N3O6/c1-3-25(4-2)13-7-14-26-22(17-8-5-9-18(16-17)27(31)32)21(23(29)24(26)30)20(28)12-11-19-10-6-15-33-19/h5-6,8-12,15-16,22,29H,3-4,7,13-14H2,1-2H3/b12-11+. The Bertz CT molecular complexity index is 1070. The van der Waals surface area contributed by atoms with Crippen LogP contribution in [-0.4, -0.2) is 57.7 Å². The number of carbonyl (C=O) groups is 2. The number of ketones is 1. The fraction of sp³-hybridized carbons (Fsp3) is 0.333. The first-order chi connectivity index (χ1) is 15.9. The zero-order chi connectivity index (χ0) is 24.0. The minimum Gasteiger partial charge on any atom is -0.503 e. The molecule has 1 atom stereocenters. The summed E-state index contributed by atoms with van der Waals surface area (Å²) in [5.74, 6) is -1.43. The van der Waals surface area contributed by atoms with Gasteiger partial charge in [-0.2, -0.15) is 0 Å². The number of nitro groups is 1. The Morgan fingerprint density at radius 3 is 2.67 bits per heavy atom. The number of hydrogen-bond acceptors (Lipinski definition) is 7. The molecule has 33 heavy (non-hydrogen) atoms. The number of nitro benzene ring substituents is 1. The van der Waals surface area contributed by atoms with E-state index >= 15 is 0 Å². The molecule has 1 amide bonds. The molecule has 9 heteroatoms. The molecule has 0 bridgehead atoms. The molecule has 2 aromatic rings. The highest BCUT2D eigenvalue weighted by molar-refractivity contribution is 6.14. The van der Waals surface area contributed by atoms with Gasteiger partial charge in [0.1, 0.15) is 5.76 Å². The highest BCUT2D eigenvalue weighted by atomic mass is 16.6. The van der Waals surface area contributed by atoms with E-state index < -0.39 is 28.4 Å². The fourth-order valence-electron chi connectivity index (χ4n) is 3.93. The van der Waals surface area contributed by atoms with Crippen LogP contribution >= 0.6 is 0 Å². The van der Waals surface area contributed by atoms with Crippen molar-refractivity contribution in [2.75, 3.05) is 26.2 Å². The number of amides is 1. The fourth-order valence-corrected chi connectivity index (χ4v) is 3.93. The number of benzene rings is 1. The predicted octanol–water partition coefficient (Wildman–Crippen LogP) is 3.90. The van der Waals surface area contributed by atoms with E-state index in [0.29, 0.717) is 17.7 Å². The zero-order valence-corrected chi connectivity index (χ0v) is 18.6. The summed E-state index contributed by atoms with van der Waals surface area (Å²) < 4.78 is 5.19. The van der Waals surface area contributed by atoms with Gasteiger partial charge < -0.3 is 19.3 Å². The summed E-state index contributed by atoms with van der Waals surface area (Å²) >= 11 is 0. The molecule has 0 saturated heterocycles. The minimum atomic E-state index is -0.928. The van der Waals surface area contributed by atoms with E-state index in [-0.39, 0.29) is 17.8 Å². The summed E-state index contributed by atoms with van der Waals surface area (Å²) in [6.45, 7) is 6.84. The molecule has 174 valence electrons. The molecule has 1 aromatic carbocycles. The van der Waals surface area contributed by atoms with Gasteiger partial charge in [0.25, 0.3) is 11.6 Å². The second-order valence-corrected chi connectivity index (χ2v) is 7.61. The average molecular weight is 453 g/mol. The van der Waals surface area contributed by atoms with Crippen molar-refractivity contribution in [3.05, 3.63) is 81.5 Å². The van der Waals surface area contributed by atoms with Gasteiger partial charge in [-0.25, -0.2) is 0 Å². The van der Waals surface area contributed by atoms with Crippen molar-refractivity contribution >= 4 is 23.5 Å². The second-order valence-electron chi connectivity index (χ2n) is 7.61. The van der Waals surface area contributed by atoms with E-state index in [1.54, 1.807) is 18.2 Å². The smallest absolute Gasteiger partial charge is 0.290 e. The highest BCUT2D eigenvalue weighted by Gasteiger charge is 2.43. The van der Waals surface area contributed by atoms with E-state index in [9.17, 15) is 24.8 Å². The van der Waals surface area contributed by atoms with E-state index in [1.807, 2.05) is 13.8 Å². The molecule has 2 heterocycles. The lowest BCUT2D eigenvalue weighted by molar-refractivity contribution is -0.384. The van der Waals surface area contributed by atoms with Gasteiger partial charge in [-0.15, -0.1) is 0 Å². The molecule has 0 fully saturated rings. The first-order valence-corrected chi connectivity index (χ1v) is 10.8. The van der Waals surface area contributed by atoms with E-state index in [0.717, 1.165) is 19.6 Å². The number of nitrogens with zero attached hydrogens (tertiary/aromatic N) is 3. The van der Waals surface area contributed by atoms with E-state index in [4.69, 9.17) is 4.42 Å². The second kappa shape index (κ2) is 10.7. The zero-order valence-electron chi connectivity index (χ0n) is 18.6. The summed E-state index contributed by atoms with van der Waals surface area (Å²) in [5, 5.41) is 21.9. The lowest BCUT2D eigenvalue weighted by atomic mass is 9.95. The van der Waals surface area contributed by atoms with Crippen molar-refractivity contribution in [2.24, 2.45) is 0 Å². The largest absolute Gasteiger partial charge is 0.503 e. The quantitative estimate of drug-likeness (QED) is 0.311. The maximum atomic E-state index is 13.1. The van der Waals surface area contributed by atoms with Gasteiger partial charge in [-0.1, -0.05) is 26.0 Å². The SMILES string of the molecule is CCN(CC)CCCN1C(=O)C(O)=C(C(=O)/C=C/c2ccco2)C1c1cccc([N+](=O)[O-])c1. The van der Waals surface area contributed by atoms with Gasteiger partial charge in [0.05, 0.1) is 22.8 Å². The van der Waals surface area contributed by atoms with Gasteiger partial charge in [-0.3, -0.25) is 19.7 Å². The van der Waals surface area contributed by atoms with Crippen molar-refractivity contribution in [3.8, 4) is 0 Å². The molecule has 0 radical (unpaired) electrons. The Morgan fingerprint density at radius 2 is 2.03 bits per heavy atom. The van der Waals surface area contributed by atoms with Gasteiger partial charge in [0.15, 0.2) is 11.5 Å². The number of allylic oxidation sites excluding steroid dienone is 1. The van der Waals surface area contributed by atoms with Crippen molar-refractivity contribution in [1.82, 2.24) is 9.80 Å². The predicted molar refractivity (Wildman–Crippen MR) is 122 cm³/mol. The molecule has 1 aliphatic heterocycles. The van der Waals surface area contributed by atoms with Crippen LogP contribution in [0, 0.1) is 10.1 Å². The molecular formula is C24H27N3O6. The molecule has 3 rings (SSSR count). The molecule has 0 spiro atoms. The van der Waals surface area contributed by atoms with Gasteiger partial charge in [0, 0.05) is 18.7 Å². The monoisotopic (exact) mass is 453 g/mol. The van der Waals surface area contributed by atoms with Crippen molar-refractivity contribution in [2.45, 2.75) is 26.3 Å². The number of aliphatic hydroxyl groups excluding tert-OH is 1. The first kappa shape index (κ1) is 23.9. The lowest BCUT2D eigenvalue weighted by Gasteiger charge is -2.27. The van der Waals surface area contributed by atoms with Crippen molar-refractivity contribution < 1.29 is 24.0 Å². The van der Waals surface area contributed by atoms with Gasteiger partial charge >= 0.3 is 0 Å². The van der Waals surface area contributed by atoms with Gasteiger partial charge in [0.2, 0.25) is 0 Å². The molecule has 1 aromatic heterocycles. The molecule has 9 nitrogen and oxygen atoms in total. The van der Waals surface area contributed by atoms with Crippen molar-refractivity contribution in [3.63, 3.8) is 0 Å². The number of aliphatic hydroxyl groups is 1. The summed E-state index contributed by atoms with van der Waals surface area (Å²) in [5.41, 5.74) is 0.123. The minimum absolute atomic E-state index is 0.105. The number of furan rings is 1. The Morgan fingerprint density at radius 1 is 1.27 bits per heavy atom. The Balaban J connectivity index is 1.95. The van der Waals surface area contributed by atoms with Crippen LogP contribution < -0.4 is 0 Å². The van der Waals surface area contributed by atoms with Crippen LogP contribution in [0.3, 0.4) is 0 Å². The van der Waals surface area contributed by atoms with Crippen LogP contribution in [0.4, 0.5) is 5.69 Å². The van der Waals surface area contributed by atoms with E-state index in [1.165, 1.54) is 41.5 Å². The molecule has 0 aliphatic carbocycles. The maximum absolute atomic E-state index is 13.1. The third kappa shape index (κ3) is 5.38. The topological polar surface area (TPSA) is 117 Å². The maximum Gasteiger partial charge on any atom is 0.290 e. The summed E-state index contributed by atoms with van der Waals surface area (Å²) in [4.78, 5) is 40.4. The molecule has 0 saturated carbocycles. The summed E-state index contributed by atoms with van der Waals surface area (Å²) in [7, 11) is 0. The lowest BCUT2D eigenvalue weighted by Crippen LogP contribution is -2.34. The third-order valence-corrected chi connectivity index (χ3v) is 5.68. The first-order valence-electron chi connectivity index (χ1n) is 10.8. The van der Waals surface area contributed by atoms with Crippen LogP contribution in [0.1, 0.15) is 37.6 Å². The number of rotatable bonds is 11. The van der Waals surface area contributed by atoms with Crippen LogP contribution in [0.25, 0.3) is 6.08 Å². The number of non-ortho nitro benzene ring substituents is 1. The summed E-state index contributed by atoms with van der Waals surface area (Å²) in [6, 6.07) is 8.19. The van der Waals surface area contributed by atoms with Crippen LogP contribution in [-0.2, 0) is 9.59 Å². The van der Waals surface area contributed by atoms with Crippen molar-refractivity contribution in [1.29, 1.82) is 0 Å². The normalized spacial score (nSPS) is 16.4. The molecule has 1 N–H and O–H groups in total. The molecular weight excluding hydrogens is 426 g/mol. The summed E-state index contributed by atoms with van der Waals surface area (Å²) in [6.07, 6.45) is 4.75. The van der Waals surface area contributed by atoms with Crippen LogP contribution in [0.5, 0.6) is 0 Å². The Labute approximate surface area is 191 Å². The average Bonchev–Trinajstić information content (AvgIpc) is 3.42. The van der Waals surface area contributed by atoms with Crippen LogP contribution in [0.2, 0.25) is 0 Å². The molecule has 1 unspecified atom stereocenters. The number of hydrogen-bond donors (Lipinski definition) is 1. The Kier molecular flexibility index (Phi) is 7.78. The number of carbonyl (C=O) groups excluding carboxylic acids is 2. The van der Waals surface area contributed by atoms with Crippen LogP contribution in [0.15, 0.2) is 64.5 Å².